The van der Waals surface area contributed by atoms with Crippen LogP contribution in [0.5, 0.6) is 0 Å². The third-order valence-electron chi connectivity index (χ3n) is 9.06. The van der Waals surface area contributed by atoms with E-state index in [0.29, 0.717) is 0 Å². The van der Waals surface area contributed by atoms with Gasteiger partial charge >= 0.3 is 20.8 Å². The number of hydrogen-bond donors (Lipinski definition) is 15. The van der Waals surface area contributed by atoms with Gasteiger partial charge in [0.05, 0.1) is 33.0 Å². The number of nitrogens with one attached hydrogen (secondary N) is 2. The van der Waals surface area contributed by atoms with E-state index in [4.69, 9.17) is 33.0 Å². The van der Waals surface area contributed by atoms with Gasteiger partial charge < -0.3 is 95.2 Å². The maximum atomic E-state index is 12.3. The molecule has 15 N–H and O–H groups in total. The number of amides is 2. The fraction of sp³-hybridized carbons (Fsp3) is 0.929. The number of carbonyl (C=O) groups is 2. The second kappa shape index (κ2) is 21.9. The molecular formula is C28H50N2O27S2. The van der Waals surface area contributed by atoms with E-state index in [1.165, 1.54) is 0 Å². The fourth-order valence-electron chi connectivity index (χ4n) is 6.23. The summed E-state index contributed by atoms with van der Waals surface area (Å²) >= 11 is 0. The van der Waals surface area contributed by atoms with Crippen molar-refractivity contribution in [3.05, 3.63) is 0 Å². The molecule has 3 aliphatic rings. The standard InChI is InChI=1S/C28H50N2O27S2/c1-8(34)29-15-20(41)18(39)13(6-50-58(44,45)46)53-26(15)57-25-19(40)12(5-33)52-28(22(25)43)56-24-14(7-51-59(47,48)49)54-27(16(21(24)42)30-9(2)35)55-23(11(37)4-32)17(38)10(36)3-31/h10-28,31-33,36-43H,3-7H2,1-2H3,(H,29,34)(H,30,35)(H,44,45,46)(H,47,48,49)/t10-,11+,12-,13-,14-,15-,16-,17+,18-,19+,20-,21-,22-,23-,24-,25+,26+,27+,28+/m1/s1. The molecule has 0 spiro atoms. The SMILES string of the molecule is CC(=O)N[C@H]1[C@H](O[C@@H]([C@@H](O)[C@H](O)CO)[C@@H](O)CO)O[C@H](COS(=O)(=O)O)[C@@H](O[C@@H]2O[C@H](CO)[C@H](O)[C@H](O[C@@H]3O[C@H](COS(=O)(=O)O)[C@@H](O)[C@H](O)[C@H]3NC(C)=O)[C@H]2O)[C@@H]1O. The van der Waals surface area contributed by atoms with Gasteiger partial charge in [-0.05, 0) is 0 Å². The fourth-order valence-corrected chi connectivity index (χ4v) is 6.84. The van der Waals surface area contributed by atoms with Gasteiger partial charge in [-0.1, -0.05) is 0 Å². The van der Waals surface area contributed by atoms with E-state index < -0.39 is 182 Å². The van der Waals surface area contributed by atoms with Crippen LogP contribution in [0.25, 0.3) is 0 Å². The molecule has 3 saturated heterocycles. The largest absolute Gasteiger partial charge is 0.397 e. The van der Waals surface area contributed by atoms with Gasteiger partial charge in [0.1, 0.15) is 97.5 Å². The van der Waals surface area contributed by atoms with Crippen molar-refractivity contribution in [1.82, 2.24) is 10.6 Å². The molecule has 3 rings (SSSR count). The molecule has 2 amide bonds. The zero-order chi connectivity index (χ0) is 44.7. The first kappa shape index (κ1) is 51.4. The summed E-state index contributed by atoms with van der Waals surface area (Å²) in [6.45, 7) is -3.88. The molecular weight excluding hydrogens is 860 g/mol. The van der Waals surface area contributed by atoms with Crippen LogP contribution in [0.4, 0.5) is 0 Å². The summed E-state index contributed by atoms with van der Waals surface area (Å²) in [5.74, 6) is -1.78. The third kappa shape index (κ3) is 14.0. The van der Waals surface area contributed by atoms with Crippen molar-refractivity contribution in [1.29, 1.82) is 0 Å². The molecule has 346 valence electrons. The Balaban J connectivity index is 2.02. The zero-order valence-electron chi connectivity index (χ0n) is 30.9. The van der Waals surface area contributed by atoms with Gasteiger partial charge in [0.25, 0.3) is 0 Å². The lowest BCUT2D eigenvalue weighted by atomic mass is 9.94. The summed E-state index contributed by atoms with van der Waals surface area (Å²) in [7, 11) is -10.5. The van der Waals surface area contributed by atoms with E-state index in [9.17, 15) is 87.1 Å². The number of aliphatic hydroxyl groups excluding tert-OH is 11. The van der Waals surface area contributed by atoms with E-state index in [2.05, 4.69) is 19.0 Å². The van der Waals surface area contributed by atoms with E-state index in [1.54, 1.807) is 0 Å². The molecule has 31 heteroatoms. The molecule has 0 aromatic carbocycles. The first-order valence-electron chi connectivity index (χ1n) is 17.3. The predicted molar refractivity (Wildman–Crippen MR) is 180 cm³/mol. The quantitative estimate of drug-likeness (QED) is 0.0504. The number of aliphatic hydroxyl groups is 11. The minimum Gasteiger partial charge on any atom is -0.394 e. The molecule has 19 atom stereocenters. The van der Waals surface area contributed by atoms with Crippen LogP contribution in [0.15, 0.2) is 0 Å². The lowest BCUT2D eigenvalue weighted by molar-refractivity contribution is -0.371. The second-order valence-electron chi connectivity index (χ2n) is 13.4. The van der Waals surface area contributed by atoms with Crippen molar-refractivity contribution in [3.63, 3.8) is 0 Å². The Morgan fingerprint density at radius 2 is 1.08 bits per heavy atom. The molecule has 3 heterocycles. The van der Waals surface area contributed by atoms with Gasteiger partial charge in [0.2, 0.25) is 11.8 Å². The maximum absolute atomic E-state index is 12.3. The lowest BCUT2D eigenvalue weighted by Gasteiger charge is -2.49. The second-order valence-corrected chi connectivity index (χ2v) is 15.6. The highest BCUT2D eigenvalue weighted by molar-refractivity contribution is 7.81. The van der Waals surface area contributed by atoms with Crippen molar-refractivity contribution >= 4 is 32.6 Å². The highest BCUT2D eigenvalue weighted by atomic mass is 32.3. The van der Waals surface area contributed by atoms with Gasteiger partial charge in [0, 0.05) is 13.8 Å². The van der Waals surface area contributed by atoms with E-state index in [-0.39, 0.29) is 0 Å². The van der Waals surface area contributed by atoms with E-state index in [0.717, 1.165) is 13.8 Å². The normalized spacial score (nSPS) is 37.8. The van der Waals surface area contributed by atoms with Gasteiger partial charge in [0.15, 0.2) is 18.9 Å². The van der Waals surface area contributed by atoms with Crippen LogP contribution in [-0.4, -0.2) is 243 Å². The number of carbonyl (C=O) groups excluding carboxylic acids is 2. The smallest absolute Gasteiger partial charge is 0.394 e. The molecule has 0 unspecified atom stereocenters. The predicted octanol–water partition coefficient (Wildman–Crippen LogP) is -10.2. The Morgan fingerprint density at radius 3 is 1.58 bits per heavy atom. The summed E-state index contributed by atoms with van der Waals surface area (Å²) in [4.78, 5) is 24.3. The van der Waals surface area contributed by atoms with Gasteiger partial charge in [-0.3, -0.25) is 18.7 Å². The first-order valence-corrected chi connectivity index (χ1v) is 20.0. The Bertz CT molecular complexity index is 1580. The average molecular weight is 911 g/mol. The molecule has 0 saturated carbocycles. The van der Waals surface area contributed by atoms with Crippen molar-refractivity contribution in [2.45, 2.75) is 130 Å². The van der Waals surface area contributed by atoms with Crippen molar-refractivity contribution in [2.24, 2.45) is 0 Å². The Hall–Kier alpha value is -2.00. The minimum atomic E-state index is -5.32. The Labute approximate surface area is 334 Å². The molecule has 0 aromatic rings. The molecule has 59 heavy (non-hydrogen) atoms. The highest BCUT2D eigenvalue weighted by Gasteiger charge is 2.55. The number of rotatable bonds is 20. The monoisotopic (exact) mass is 910 g/mol. The average Bonchev–Trinajstić information content (AvgIpc) is 3.14. The van der Waals surface area contributed by atoms with Crippen molar-refractivity contribution in [3.8, 4) is 0 Å². The molecule has 3 fully saturated rings. The highest BCUT2D eigenvalue weighted by Crippen LogP contribution is 2.34. The lowest BCUT2D eigenvalue weighted by Crippen LogP contribution is -2.70. The number of hydrogen-bond acceptors (Lipinski definition) is 25. The molecule has 29 nitrogen and oxygen atoms in total. The van der Waals surface area contributed by atoms with E-state index >= 15 is 0 Å². The molecule has 0 aliphatic carbocycles. The van der Waals surface area contributed by atoms with Crippen LogP contribution >= 0.6 is 0 Å². The summed E-state index contributed by atoms with van der Waals surface area (Å²) in [6, 6.07) is -3.64. The van der Waals surface area contributed by atoms with Crippen molar-refractivity contribution < 1.29 is 128 Å². The van der Waals surface area contributed by atoms with Gasteiger partial charge in [-0.15, -0.1) is 0 Å². The molecule has 0 bridgehead atoms. The molecule has 0 aromatic heterocycles. The van der Waals surface area contributed by atoms with Crippen LogP contribution in [0.2, 0.25) is 0 Å². The van der Waals surface area contributed by atoms with Gasteiger partial charge in [-0.2, -0.15) is 16.8 Å². The number of ether oxygens (including phenoxy) is 6. The van der Waals surface area contributed by atoms with Crippen molar-refractivity contribution in [2.75, 3.05) is 33.0 Å². The van der Waals surface area contributed by atoms with Crippen LogP contribution in [0.3, 0.4) is 0 Å². The van der Waals surface area contributed by atoms with Gasteiger partial charge in [-0.25, -0.2) is 8.37 Å². The zero-order valence-corrected chi connectivity index (χ0v) is 32.5. The topological polar surface area (TPSA) is 463 Å². The summed E-state index contributed by atoms with van der Waals surface area (Å²) in [6.07, 6.45) is -35.2. The molecule has 0 radical (unpaired) electrons. The van der Waals surface area contributed by atoms with Crippen LogP contribution < -0.4 is 10.6 Å². The maximum Gasteiger partial charge on any atom is 0.397 e. The summed E-state index contributed by atoms with van der Waals surface area (Å²) in [5.41, 5.74) is 0. The summed E-state index contributed by atoms with van der Waals surface area (Å²) in [5, 5.41) is 120. The van der Waals surface area contributed by atoms with Crippen LogP contribution in [-0.2, 0) is 67.2 Å². The minimum absolute atomic E-state index is 0.856. The Morgan fingerprint density at radius 1 is 0.610 bits per heavy atom. The van der Waals surface area contributed by atoms with Crippen LogP contribution in [0, 0.1) is 0 Å². The molecule has 3 aliphatic heterocycles. The van der Waals surface area contributed by atoms with Crippen LogP contribution in [0.1, 0.15) is 13.8 Å². The Kier molecular flexibility index (Phi) is 19.0. The third-order valence-corrected chi connectivity index (χ3v) is 9.92. The van der Waals surface area contributed by atoms with E-state index in [1.807, 2.05) is 0 Å². The first-order chi connectivity index (χ1) is 27.3. The summed E-state index contributed by atoms with van der Waals surface area (Å²) < 4.78 is 106.